The molecule has 1 unspecified atom stereocenters. The first-order chi connectivity index (χ1) is 14.6. The van der Waals surface area contributed by atoms with Crippen LogP contribution in [0, 0.1) is 0 Å². The van der Waals surface area contributed by atoms with Crippen LogP contribution in [-0.2, 0) is 6.42 Å². The zero-order chi connectivity index (χ0) is 20.7. The molecule has 4 heteroatoms. The van der Waals surface area contributed by atoms with E-state index < -0.39 is 0 Å². The minimum absolute atomic E-state index is 0.226. The van der Waals surface area contributed by atoms with Crippen LogP contribution in [0.1, 0.15) is 49.3 Å². The summed E-state index contributed by atoms with van der Waals surface area (Å²) >= 11 is 6.13. The predicted octanol–water partition coefficient (Wildman–Crippen LogP) is 6.43. The Labute approximate surface area is 183 Å². The van der Waals surface area contributed by atoms with E-state index in [-0.39, 0.29) is 6.10 Å². The Morgan fingerprint density at radius 3 is 2.87 bits per heavy atom. The molecule has 5 rings (SSSR count). The molecule has 1 aliphatic carbocycles. The predicted molar refractivity (Wildman–Crippen MR) is 126 cm³/mol. The van der Waals surface area contributed by atoms with Crippen LogP contribution in [0.3, 0.4) is 0 Å². The van der Waals surface area contributed by atoms with Crippen LogP contribution in [-0.4, -0.2) is 35.6 Å². The summed E-state index contributed by atoms with van der Waals surface area (Å²) in [6.45, 7) is 7.45. The lowest BCUT2D eigenvalue weighted by molar-refractivity contribution is 0.242. The van der Waals surface area contributed by atoms with E-state index in [9.17, 15) is 0 Å². The fraction of sp³-hybridized carbons (Fsp3) is 0.385. The molecular weight excluding hydrogens is 392 g/mol. The summed E-state index contributed by atoms with van der Waals surface area (Å²) in [6, 6.07) is 12.8. The van der Waals surface area contributed by atoms with Gasteiger partial charge in [0.15, 0.2) is 0 Å². The van der Waals surface area contributed by atoms with Gasteiger partial charge < -0.3 is 9.72 Å². The third-order valence-electron chi connectivity index (χ3n) is 6.45. The number of halogens is 1. The molecule has 0 saturated carbocycles. The van der Waals surface area contributed by atoms with Crippen LogP contribution in [0.2, 0.25) is 5.02 Å². The summed E-state index contributed by atoms with van der Waals surface area (Å²) < 4.78 is 5.88. The second-order valence-corrected chi connectivity index (χ2v) is 9.33. The summed E-state index contributed by atoms with van der Waals surface area (Å²) in [5, 5.41) is 2.04. The summed E-state index contributed by atoms with van der Waals surface area (Å²) in [5.41, 5.74) is 6.88. The van der Waals surface area contributed by atoms with Crippen molar-refractivity contribution in [3.05, 3.63) is 70.4 Å². The second-order valence-electron chi connectivity index (χ2n) is 8.89. The van der Waals surface area contributed by atoms with Crippen LogP contribution in [0.15, 0.2) is 48.7 Å². The number of aromatic amines is 1. The number of hydrogen-bond acceptors (Lipinski definition) is 2. The third-order valence-corrected chi connectivity index (χ3v) is 6.68. The largest absolute Gasteiger partial charge is 0.491 e. The van der Waals surface area contributed by atoms with Crippen LogP contribution in [0.25, 0.3) is 16.5 Å². The van der Waals surface area contributed by atoms with Crippen LogP contribution < -0.4 is 4.74 Å². The Hall–Kier alpha value is -2.23. The van der Waals surface area contributed by atoms with Gasteiger partial charge in [0, 0.05) is 47.3 Å². The number of H-pyrrole nitrogens is 1. The van der Waals surface area contributed by atoms with Gasteiger partial charge in [-0.25, -0.2) is 0 Å². The maximum Gasteiger partial charge on any atom is 0.119 e. The first-order valence-electron chi connectivity index (χ1n) is 11.0. The summed E-state index contributed by atoms with van der Waals surface area (Å²) in [5.74, 6) is 1.65. The van der Waals surface area contributed by atoms with Crippen molar-refractivity contribution in [2.45, 2.75) is 45.1 Å². The molecule has 1 atom stereocenters. The number of rotatable bonds is 5. The molecular formula is C26H29ClN2O. The van der Waals surface area contributed by atoms with Crippen molar-refractivity contribution in [2.24, 2.45) is 0 Å². The molecule has 1 aliphatic heterocycles. The molecule has 1 N–H and O–H groups in total. The molecule has 2 aromatic carbocycles. The number of fused-ring (bicyclic) bond motifs is 2. The maximum absolute atomic E-state index is 6.13. The van der Waals surface area contributed by atoms with Crippen molar-refractivity contribution in [2.75, 3.05) is 19.6 Å². The molecule has 156 valence electrons. The third kappa shape index (κ3) is 3.89. The van der Waals surface area contributed by atoms with Crippen molar-refractivity contribution in [3.63, 3.8) is 0 Å². The Morgan fingerprint density at radius 2 is 2.07 bits per heavy atom. The Kier molecular flexibility index (Phi) is 5.34. The van der Waals surface area contributed by atoms with Gasteiger partial charge in [-0.1, -0.05) is 29.8 Å². The first-order valence-corrected chi connectivity index (χ1v) is 11.4. The first kappa shape index (κ1) is 19.7. The monoisotopic (exact) mass is 420 g/mol. The van der Waals surface area contributed by atoms with E-state index in [1.807, 2.05) is 12.1 Å². The zero-order valence-corrected chi connectivity index (χ0v) is 18.5. The van der Waals surface area contributed by atoms with E-state index >= 15 is 0 Å². The van der Waals surface area contributed by atoms with Gasteiger partial charge in [-0.3, -0.25) is 4.90 Å². The highest BCUT2D eigenvalue weighted by Gasteiger charge is 2.26. The summed E-state index contributed by atoms with van der Waals surface area (Å²) in [6.07, 6.45) is 8.28. The SMILES string of the molecule is CC(C)Oc1ccc2c(c1)CCC2CN1CC=C(c2c[nH]c3cc(Cl)ccc23)CC1. The van der Waals surface area contributed by atoms with Crippen molar-refractivity contribution < 1.29 is 4.74 Å². The van der Waals surface area contributed by atoms with E-state index in [1.54, 1.807) is 0 Å². The molecule has 0 saturated heterocycles. The average molecular weight is 421 g/mol. The standard InChI is InChI=1S/C26H29ClN2O/c1-17(2)30-22-6-8-23-19(13-22)3-4-20(23)16-29-11-9-18(10-12-29)25-15-28-26-14-21(27)5-7-24(25)26/h5-9,13-15,17,20,28H,3-4,10-12,16H2,1-2H3. The van der Waals surface area contributed by atoms with Crippen molar-refractivity contribution in [1.82, 2.24) is 9.88 Å². The second kappa shape index (κ2) is 8.13. The molecule has 30 heavy (non-hydrogen) atoms. The molecule has 3 aromatic rings. The highest BCUT2D eigenvalue weighted by molar-refractivity contribution is 6.31. The van der Waals surface area contributed by atoms with Gasteiger partial charge in [-0.05, 0) is 80.0 Å². The fourth-order valence-corrected chi connectivity index (χ4v) is 5.19. The zero-order valence-electron chi connectivity index (χ0n) is 17.7. The van der Waals surface area contributed by atoms with E-state index in [0.29, 0.717) is 5.92 Å². The molecule has 0 bridgehead atoms. The van der Waals surface area contributed by atoms with Gasteiger partial charge >= 0.3 is 0 Å². The van der Waals surface area contributed by atoms with E-state index in [1.165, 1.54) is 40.5 Å². The molecule has 0 amide bonds. The number of ether oxygens (including phenoxy) is 1. The highest BCUT2D eigenvalue weighted by Crippen LogP contribution is 2.37. The lowest BCUT2D eigenvalue weighted by atomic mass is 9.96. The molecule has 0 spiro atoms. The van der Waals surface area contributed by atoms with Crippen LogP contribution >= 0.6 is 11.6 Å². The lowest BCUT2D eigenvalue weighted by Crippen LogP contribution is -2.32. The summed E-state index contributed by atoms with van der Waals surface area (Å²) in [7, 11) is 0. The van der Waals surface area contributed by atoms with Gasteiger partial charge in [-0.15, -0.1) is 0 Å². The normalized spacial score (nSPS) is 19.3. The van der Waals surface area contributed by atoms with Gasteiger partial charge in [0.25, 0.3) is 0 Å². The average Bonchev–Trinajstić information content (AvgIpc) is 3.32. The van der Waals surface area contributed by atoms with Crippen molar-refractivity contribution >= 4 is 28.1 Å². The molecule has 1 aromatic heterocycles. The van der Waals surface area contributed by atoms with Crippen LogP contribution in [0.5, 0.6) is 5.75 Å². The molecule has 3 nitrogen and oxygen atoms in total. The minimum atomic E-state index is 0.226. The number of benzene rings is 2. The van der Waals surface area contributed by atoms with E-state index in [4.69, 9.17) is 16.3 Å². The van der Waals surface area contributed by atoms with Crippen molar-refractivity contribution in [3.8, 4) is 5.75 Å². The Balaban J connectivity index is 1.26. The molecule has 2 aliphatic rings. The number of hydrogen-bond donors (Lipinski definition) is 1. The summed E-state index contributed by atoms with van der Waals surface area (Å²) in [4.78, 5) is 5.98. The van der Waals surface area contributed by atoms with Gasteiger partial charge in [0.1, 0.15) is 5.75 Å². The van der Waals surface area contributed by atoms with Gasteiger partial charge in [0.2, 0.25) is 0 Å². The molecule has 2 heterocycles. The fourth-order valence-electron chi connectivity index (χ4n) is 5.01. The topological polar surface area (TPSA) is 28.3 Å². The maximum atomic E-state index is 6.13. The highest BCUT2D eigenvalue weighted by atomic mass is 35.5. The lowest BCUT2D eigenvalue weighted by Gasteiger charge is -2.29. The van der Waals surface area contributed by atoms with Gasteiger partial charge in [-0.2, -0.15) is 0 Å². The number of nitrogens with zero attached hydrogens (tertiary/aromatic N) is 1. The molecule has 0 radical (unpaired) electrons. The Bertz CT molecular complexity index is 1100. The van der Waals surface area contributed by atoms with Crippen LogP contribution in [0.4, 0.5) is 0 Å². The van der Waals surface area contributed by atoms with E-state index in [0.717, 1.165) is 42.3 Å². The Morgan fingerprint density at radius 1 is 1.17 bits per heavy atom. The van der Waals surface area contributed by atoms with Crippen molar-refractivity contribution in [1.29, 1.82) is 0 Å². The van der Waals surface area contributed by atoms with E-state index in [2.05, 4.69) is 60.3 Å². The minimum Gasteiger partial charge on any atom is -0.491 e. The smallest absolute Gasteiger partial charge is 0.119 e. The number of nitrogens with one attached hydrogen (secondary N) is 1. The number of aromatic nitrogens is 1. The number of aryl methyl sites for hydroxylation is 1. The molecule has 0 fully saturated rings. The van der Waals surface area contributed by atoms with Gasteiger partial charge in [0.05, 0.1) is 6.10 Å². The quantitative estimate of drug-likeness (QED) is 0.515.